The zero-order chi connectivity index (χ0) is 14.4. The van der Waals surface area contributed by atoms with E-state index >= 15 is 0 Å². The Morgan fingerprint density at radius 2 is 2.10 bits per heavy atom. The van der Waals surface area contributed by atoms with E-state index in [0.717, 1.165) is 5.69 Å². The predicted octanol–water partition coefficient (Wildman–Crippen LogP) is 1.95. The fourth-order valence-corrected chi connectivity index (χ4v) is 1.68. The average molecular weight is 265 g/mol. The summed E-state index contributed by atoms with van der Waals surface area (Å²) in [7, 11) is 0. The first-order valence-corrected chi connectivity index (χ1v) is 6.22. The number of pyridine rings is 1. The van der Waals surface area contributed by atoms with Gasteiger partial charge in [0.15, 0.2) is 0 Å². The normalized spacial score (nSPS) is 9.50. The zero-order valence-corrected chi connectivity index (χ0v) is 11.2. The highest BCUT2D eigenvalue weighted by Crippen LogP contribution is 2.12. The van der Waals surface area contributed by atoms with Gasteiger partial charge in [0.2, 0.25) is 0 Å². The van der Waals surface area contributed by atoms with E-state index in [1.807, 2.05) is 25.1 Å². The second kappa shape index (κ2) is 6.50. The molecule has 4 nitrogen and oxygen atoms in total. The molecular weight excluding hydrogens is 250 g/mol. The number of rotatable bonds is 2. The molecule has 0 bridgehead atoms. The van der Waals surface area contributed by atoms with Crippen molar-refractivity contribution in [2.75, 3.05) is 11.9 Å². The molecule has 100 valence electrons. The summed E-state index contributed by atoms with van der Waals surface area (Å²) in [6, 6.07) is 10.8. The Labute approximate surface area is 118 Å². The van der Waals surface area contributed by atoms with Crippen molar-refractivity contribution < 1.29 is 4.79 Å². The molecule has 4 heteroatoms. The van der Waals surface area contributed by atoms with E-state index in [1.54, 1.807) is 24.4 Å². The lowest BCUT2D eigenvalue weighted by Gasteiger charge is -2.06. The monoisotopic (exact) mass is 265 g/mol. The van der Waals surface area contributed by atoms with Gasteiger partial charge >= 0.3 is 0 Å². The highest BCUT2D eigenvalue weighted by atomic mass is 16.1. The van der Waals surface area contributed by atoms with Crippen LogP contribution in [0.2, 0.25) is 0 Å². The number of aryl methyl sites for hydroxylation is 1. The van der Waals surface area contributed by atoms with E-state index in [1.165, 1.54) is 0 Å². The molecule has 20 heavy (non-hydrogen) atoms. The second-order valence-corrected chi connectivity index (χ2v) is 4.19. The molecule has 0 aliphatic heterocycles. The van der Waals surface area contributed by atoms with Crippen LogP contribution >= 0.6 is 0 Å². The van der Waals surface area contributed by atoms with Crippen molar-refractivity contribution in [2.45, 2.75) is 6.92 Å². The number of hydrogen-bond acceptors (Lipinski definition) is 3. The minimum Gasteiger partial charge on any atom is -0.321 e. The third kappa shape index (κ3) is 3.44. The van der Waals surface area contributed by atoms with Crippen LogP contribution in [0, 0.1) is 18.8 Å². The lowest BCUT2D eigenvalue weighted by Crippen LogP contribution is -2.13. The quantitative estimate of drug-likeness (QED) is 0.815. The molecule has 3 N–H and O–H groups in total. The third-order valence-corrected chi connectivity index (χ3v) is 2.67. The molecule has 0 saturated heterocycles. The number of carbonyl (C=O) groups excluding carboxylic acids is 1. The van der Waals surface area contributed by atoms with Crippen LogP contribution in [0.3, 0.4) is 0 Å². The molecule has 1 aromatic heterocycles. The lowest BCUT2D eigenvalue weighted by molar-refractivity contribution is 0.102. The summed E-state index contributed by atoms with van der Waals surface area (Å²) in [5, 5.41) is 2.80. The Morgan fingerprint density at radius 1 is 1.30 bits per heavy atom. The van der Waals surface area contributed by atoms with Crippen LogP contribution in [-0.4, -0.2) is 17.4 Å². The van der Waals surface area contributed by atoms with Gasteiger partial charge < -0.3 is 11.1 Å². The standard InChI is InChI=1S/C16H15N3O/c1-12-8-9-14(11-18-12)19-16(20)15-7-3-2-5-13(15)6-4-10-17/h2-3,5,7-9,11H,10,17H2,1H3,(H,19,20). The summed E-state index contributed by atoms with van der Waals surface area (Å²) in [4.78, 5) is 16.4. The van der Waals surface area contributed by atoms with Gasteiger partial charge in [-0.1, -0.05) is 24.0 Å². The van der Waals surface area contributed by atoms with Crippen molar-refractivity contribution >= 4 is 11.6 Å². The van der Waals surface area contributed by atoms with Crippen LogP contribution in [0.15, 0.2) is 42.6 Å². The number of nitrogens with two attached hydrogens (primary N) is 1. The van der Waals surface area contributed by atoms with Crippen LogP contribution < -0.4 is 11.1 Å². The minimum absolute atomic E-state index is 0.211. The molecule has 0 saturated carbocycles. The molecule has 2 aromatic rings. The van der Waals surface area contributed by atoms with Gasteiger partial charge in [-0.25, -0.2) is 0 Å². The number of anilines is 1. The topological polar surface area (TPSA) is 68.0 Å². The van der Waals surface area contributed by atoms with Gasteiger partial charge in [-0.3, -0.25) is 9.78 Å². The Morgan fingerprint density at radius 3 is 2.80 bits per heavy atom. The fraction of sp³-hybridized carbons (Fsp3) is 0.125. The molecule has 1 amide bonds. The molecule has 1 heterocycles. The van der Waals surface area contributed by atoms with Gasteiger partial charge in [-0.15, -0.1) is 0 Å². The van der Waals surface area contributed by atoms with E-state index in [2.05, 4.69) is 22.1 Å². The predicted molar refractivity (Wildman–Crippen MR) is 79.3 cm³/mol. The van der Waals surface area contributed by atoms with Gasteiger partial charge in [0.05, 0.1) is 24.0 Å². The first-order chi connectivity index (χ1) is 9.70. The second-order valence-electron chi connectivity index (χ2n) is 4.19. The van der Waals surface area contributed by atoms with Gasteiger partial charge in [-0.05, 0) is 31.2 Å². The summed E-state index contributed by atoms with van der Waals surface area (Å²) in [5.74, 6) is 5.44. The van der Waals surface area contributed by atoms with Crippen molar-refractivity contribution in [1.29, 1.82) is 0 Å². The van der Waals surface area contributed by atoms with E-state index < -0.39 is 0 Å². The van der Waals surface area contributed by atoms with Crippen LogP contribution in [0.4, 0.5) is 5.69 Å². The summed E-state index contributed by atoms with van der Waals surface area (Å²) in [6.07, 6.45) is 1.63. The molecular formula is C16H15N3O. The van der Waals surface area contributed by atoms with E-state index in [4.69, 9.17) is 5.73 Å². The first-order valence-electron chi connectivity index (χ1n) is 6.22. The number of hydrogen-bond donors (Lipinski definition) is 2. The molecule has 0 aliphatic rings. The highest BCUT2D eigenvalue weighted by Gasteiger charge is 2.09. The number of nitrogens with one attached hydrogen (secondary N) is 1. The summed E-state index contributed by atoms with van der Waals surface area (Å²) in [5.41, 5.74) is 8.10. The number of amides is 1. The molecule has 0 spiro atoms. The Balaban J connectivity index is 2.23. The van der Waals surface area contributed by atoms with E-state index in [9.17, 15) is 4.79 Å². The Bertz CT molecular complexity index is 666. The zero-order valence-electron chi connectivity index (χ0n) is 11.2. The summed E-state index contributed by atoms with van der Waals surface area (Å²) >= 11 is 0. The number of carbonyl (C=O) groups is 1. The molecule has 0 aliphatic carbocycles. The van der Waals surface area contributed by atoms with Crippen molar-refractivity contribution in [3.8, 4) is 11.8 Å². The van der Waals surface area contributed by atoms with Gasteiger partial charge in [0.25, 0.3) is 5.91 Å². The van der Waals surface area contributed by atoms with Crippen molar-refractivity contribution in [3.63, 3.8) is 0 Å². The maximum atomic E-state index is 12.2. The summed E-state index contributed by atoms with van der Waals surface area (Å²) in [6.45, 7) is 2.15. The smallest absolute Gasteiger partial charge is 0.256 e. The fourth-order valence-electron chi connectivity index (χ4n) is 1.68. The van der Waals surface area contributed by atoms with Crippen molar-refractivity contribution in [1.82, 2.24) is 4.98 Å². The largest absolute Gasteiger partial charge is 0.321 e. The number of nitrogens with zero attached hydrogens (tertiary/aromatic N) is 1. The molecule has 0 atom stereocenters. The molecule has 2 rings (SSSR count). The SMILES string of the molecule is Cc1ccc(NC(=O)c2ccccc2C#CCN)cn1. The maximum Gasteiger partial charge on any atom is 0.256 e. The lowest BCUT2D eigenvalue weighted by atomic mass is 10.1. The van der Waals surface area contributed by atoms with Gasteiger partial charge in [0.1, 0.15) is 0 Å². The van der Waals surface area contributed by atoms with Crippen molar-refractivity contribution in [3.05, 3.63) is 59.4 Å². The van der Waals surface area contributed by atoms with Crippen LogP contribution in [-0.2, 0) is 0 Å². The minimum atomic E-state index is -0.211. The highest BCUT2D eigenvalue weighted by molar-refractivity contribution is 6.05. The molecule has 0 fully saturated rings. The maximum absolute atomic E-state index is 12.2. The first kappa shape index (κ1) is 13.8. The van der Waals surface area contributed by atoms with Crippen LogP contribution in [0.1, 0.15) is 21.6 Å². The Hall–Kier alpha value is -2.64. The molecule has 0 radical (unpaired) electrons. The molecule has 1 aromatic carbocycles. The number of aromatic nitrogens is 1. The van der Waals surface area contributed by atoms with Crippen molar-refractivity contribution in [2.24, 2.45) is 5.73 Å². The van der Waals surface area contributed by atoms with Gasteiger partial charge in [-0.2, -0.15) is 0 Å². The van der Waals surface area contributed by atoms with E-state index in [-0.39, 0.29) is 12.5 Å². The van der Waals surface area contributed by atoms with Crippen LogP contribution in [0.5, 0.6) is 0 Å². The third-order valence-electron chi connectivity index (χ3n) is 2.67. The Kier molecular flexibility index (Phi) is 4.48. The molecule has 0 unspecified atom stereocenters. The van der Waals surface area contributed by atoms with E-state index in [0.29, 0.717) is 16.8 Å². The van der Waals surface area contributed by atoms with Gasteiger partial charge in [0, 0.05) is 11.3 Å². The number of benzene rings is 1. The average Bonchev–Trinajstić information content (AvgIpc) is 2.47. The summed E-state index contributed by atoms with van der Waals surface area (Å²) < 4.78 is 0. The van der Waals surface area contributed by atoms with Crippen LogP contribution in [0.25, 0.3) is 0 Å².